The molecule has 0 spiro atoms. The number of benzene rings is 1. The second kappa shape index (κ2) is 4.41. The molecule has 1 heterocycles. The van der Waals surface area contributed by atoms with Crippen molar-refractivity contribution < 1.29 is 4.79 Å². The Labute approximate surface area is 99.1 Å². The van der Waals surface area contributed by atoms with E-state index in [0.29, 0.717) is 11.3 Å². The van der Waals surface area contributed by atoms with Crippen LogP contribution in [0.5, 0.6) is 0 Å². The van der Waals surface area contributed by atoms with Crippen LogP contribution in [0.4, 0.5) is 0 Å². The first-order chi connectivity index (χ1) is 8.13. The number of nitrogens with zero attached hydrogens (tertiary/aromatic N) is 2. The Hall–Kier alpha value is -2.10. The standard InChI is InChI=1S/C13H14N2O2/c1-10(2)14-6-7-15(13(14)17)12-5-3-4-11(8-12)9-16/h3-10H,1-2H3. The first-order valence-corrected chi connectivity index (χ1v) is 5.48. The highest BCUT2D eigenvalue weighted by atomic mass is 16.1. The van der Waals surface area contributed by atoms with Gasteiger partial charge in [0.1, 0.15) is 6.29 Å². The van der Waals surface area contributed by atoms with Crippen molar-refractivity contribution in [2.24, 2.45) is 0 Å². The number of aromatic nitrogens is 2. The van der Waals surface area contributed by atoms with Gasteiger partial charge in [-0.25, -0.2) is 4.79 Å². The van der Waals surface area contributed by atoms with Crippen LogP contribution in [-0.2, 0) is 0 Å². The second-order valence-electron chi connectivity index (χ2n) is 4.16. The fourth-order valence-electron chi connectivity index (χ4n) is 1.73. The van der Waals surface area contributed by atoms with Gasteiger partial charge in [-0.2, -0.15) is 0 Å². The van der Waals surface area contributed by atoms with E-state index in [-0.39, 0.29) is 11.7 Å². The van der Waals surface area contributed by atoms with Gasteiger partial charge in [-0.3, -0.25) is 13.9 Å². The molecule has 0 saturated heterocycles. The van der Waals surface area contributed by atoms with Crippen LogP contribution < -0.4 is 5.69 Å². The summed E-state index contributed by atoms with van der Waals surface area (Å²) < 4.78 is 3.18. The number of rotatable bonds is 3. The third-order valence-corrected chi connectivity index (χ3v) is 2.64. The Balaban J connectivity index is 2.53. The van der Waals surface area contributed by atoms with E-state index in [1.54, 1.807) is 41.2 Å². The summed E-state index contributed by atoms with van der Waals surface area (Å²) in [5, 5.41) is 0. The second-order valence-corrected chi connectivity index (χ2v) is 4.16. The van der Waals surface area contributed by atoms with E-state index < -0.39 is 0 Å². The quantitative estimate of drug-likeness (QED) is 0.757. The zero-order valence-corrected chi connectivity index (χ0v) is 9.83. The van der Waals surface area contributed by atoms with Crippen LogP contribution in [-0.4, -0.2) is 15.4 Å². The molecule has 4 heteroatoms. The first-order valence-electron chi connectivity index (χ1n) is 5.48. The summed E-state index contributed by atoms with van der Waals surface area (Å²) in [5.41, 5.74) is 1.17. The average molecular weight is 230 g/mol. The van der Waals surface area contributed by atoms with E-state index in [1.165, 1.54) is 4.57 Å². The molecule has 2 aromatic rings. The summed E-state index contributed by atoms with van der Waals surface area (Å²) in [5.74, 6) is 0. The molecule has 1 aromatic heterocycles. The summed E-state index contributed by atoms with van der Waals surface area (Å²) in [7, 11) is 0. The maximum atomic E-state index is 12.0. The van der Waals surface area contributed by atoms with Crippen LogP contribution >= 0.6 is 0 Å². The van der Waals surface area contributed by atoms with E-state index in [1.807, 2.05) is 13.8 Å². The molecule has 17 heavy (non-hydrogen) atoms. The van der Waals surface area contributed by atoms with Gasteiger partial charge in [-0.15, -0.1) is 0 Å². The zero-order valence-electron chi connectivity index (χ0n) is 9.83. The van der Waals surface area contributed by atoms with Crippen molar-refractivity contribution in [3.63, 3.8) is 0 Å². The lowest BCUT2D eigenvalue weighted by molar-refractivity contribution is 0.112. The molecule has 0 bridgehead atoms. The fraction of sp³-hybridized carbons (Fsp3) is 0.231. The van der Waals surface area contributed by atoms with Crippen LogP contribution in [0.2, 0.25) is 0 Å². The van der Waals surface area contributed by atoms with Crippen molar-refractivity contribution in [2.75, 3.05) is 0 Å². The fourth-order valence-corrected chi connectivity index (χ4v) is 1.73. The Bertz CT molecular complexity index is 593. The van der Waals surface area contributed by atoms with Crippen molar-refractivity contribution in [3.8, 4) is 5.69 Å². The lowest BCUT2D eigenvalue weighted by Crippen LogP contribution is -2.24. The largest absolute Gasteiger partial charge is 0.332 e. The molecule has 2 rings (SSSR count). The minimum Gasteiger partial charge on any atom is -0.298 e. The molecule has 0 aliphatic rings. The van der Waals surface area contributed by atoms with Crippen molar-refractivity contribution >= 4 is 6.29 Å². The van der Waals surface area contributed by atoms with E-state index >= 15 is 0 Å². The summed E-state index contributed by atoms with van der Waals surface area (Å²) >= 11 is 0. The summed E-state index contributed by atoms with van der Waals surface area (Å²) in [6.07, 6.45) is 4.24. The number of hydrogen-bond acceptors (Lipinski definition) is 2. The first kappa shape index (κ1) is 11.4. The molecule has 0 unspecified atom stereocenters. The van der Waals surface area contributed by atoms with Gasteiger partial charge < -0.3 is 0 Å². The topological polar surface area (TPSA) is 44.0 Å². The number of carbonyl (C=O) groups is 1. The predicted octanol–water partition coefficient (Wildman–Crippen LogP) is 2.03. The molecular weight excluding hydrogens is 216 g/mol. The van der Waals surface area contributed by atoms with Crippen LogP contribution in [0.15, 0.2) is 41.5 Å². The van der Waals surface area contributed by atoms with Gasteiger partial charge in [0.15, 0.2) is 0 Å². The van der Waals surface area contributed by atoms with Crippen molar-refractivity contribution in [1.82, 2.24) is 9.13 Å². The number of hydrogen-bond donors (Lipinski definition) is 0. The molecule has 4 nitrogen and oxygen atoms in total. The monoisotopic (exact) mass is 230 g/mol. The van der Waals surface area contributed by atoms with Gasteiger partial charge in [0, 0.05) is 24.0 Å². The number of carbonyl (C=O) groups excluding carboxylic acids is 1. The van der Waals surface area contributed by atoms with E-state index in [0.717, 1.165) is 6.29 Å². The van der Waals surface area contributed by atoms with E-state index in [4.69, 9.17) is 0 Å². The van der Waals surface area contributed by atoms with Gasteiger partial charge in [0.05, 0.1) is 5.69 Å². The predicted molar refractivity (Wildman–Crippen MR) is 65.8 cm³/mol. The molecule has 0 aliphatic carbocycles. The molecule has 0 aliphatic heterocycles. The highest BCUT2D eigenvalue weighted by Gasteiger charge is 2.07. The summed E-state index contributed by atoms with van der Waals surface area (Å²) in [6, 6.07) is 7.09. The third-order valence-electron chi connectivity index (χ3n) is 2.64. The Kier molecular flexibility index (Phi) is 2.95. The van der Waals surface area contributed by atoms with Crippen LogP contribution in [0.25, 0.3) is 5.69 Å². The average Bonchev–Trinajstić information content (AvgIpc) is 2.71. The Morgan fingerprint density at radius 3 is 2.59 bits per heavy atom. The molecule has 0 N–H and O–H groups in total. The van der Waals surface area contributed by atoms with Crippen molar-refractivity contribution in [2.45, 2.75) is 19.9 Å². The summed E-state index contributed by atoms with van der Waals surface area (Å²) in [4.78, 5) is 22.7. The Morgan fingerprint density at radius 1 is 1.24 bits per heavy atom. The maximum Gasteiger partial charge on any atom is 0.332 e. The lowest BCUT2D eigenvalue weighted by atomic mass is 10.2. The lowest BCUT2D eigenvalue weighted by Gasteiger charge is -2.05. The molecule has 0 fully saturated rings. The molecule has 1 aromatic carbocycles. The molecule has 0 radical (unpaired) electrons. The van der Waals surface area contributed by atoms with Gasteiger partial charge in [-0.05, 0) is 26.0 Å². The van der Waals surface area contributed by atoms with Crippen LogP contribution in [0.1, 0.15) is 30.2 Å². The van der Waals surface area contributed by atoms with E-state index in [2.05, 4.69) is 0 Å². The van der Waals surface area contributed by atoms with E-state index in [9.17, 15) is 9.59 Å². The van der Waals surface area contributed by atoms with Crippen molar-refractivity contribution in [1.29, 1.82) is 0 Å². The number of aldehydes is 1. The molecule has 0 saturated carbocycles. The van der Waals surface area contributed by atoms with Gasteiger partial charge in [0.25, 0.3) is 0 Å². The molecule has 0 atom stereocenters. The molecule has 0 amide bonds. The van der Waals surface area contributed by atoms with Crippen LogP contribution in [0, 0.1) is 0 Å². The Morgan fingerprint density at radius 2 is 2.00 bits per heavy atom. The smallest absolute Gasteiger partial charge is 0.298 e. The normalized spacial score (nSPS) is 10.8. The zero-order chi connectivity index (χ0) is 12.4. The van der Waals surface area contributed by atoms with Gasteiger partial charge in [0.2, 0.25) is 0 Å². The number of imidazole rings is 1. The third kappa shape index (κ3) is 2.06. The SMILES string of the molecule is CC(C)n1ccn(-c2cccc(C=O)c2)c1=O. The minimum absolute atomic E-state index is 0.0944. The van der Waals surface area contributed by atoms with Crippen molar-refractivity contribution in [3.05, 3.63) is 52.7 Å². The highest BCUT2D eigenvalue weighted by Crippen LogP contribution is 2.08. The van der Waals surface area contributed by atoms with Gasteiger partial charge in [-0.1, -0.05) is 12.1 Å². The maximum absolute atomic E-state index is 12.0. The van der Waals surface area contributed by atoms with Gasteiger partial charge >= 0.3 is 5.69 Å². The van der Waals surface area contributed by atoms with Crippen LogP contribution in [0.3, 0.4) is 0 Å². The minimum atomic E-state index is -0.0944. The summed E-state index contributed by atoms with van der Waals surface area (Å²) in [6.45, 7) is 3.90. The highest BCUT2D eigenvalue weighted by molar-refractivity contribution is 5.75. The molecular formula is C13H14N2O2. The molecule has 88 valence electrons.